The standard InChI is InChI=1S/C20H20O5/c1-13-5-4-6-15(11-13)19(22)17(20(23)25-3)12-18(21)14-7-9-16(24-2)10-8-14/h4-11,17H,12H2,1-3H3. The van der Waals surface area contributed by atoms with Gasteiger partial charge in [0, 0.05) is 17.5 Å². The quantitative estimate of drug-likeness (QED) is 0.440. The Hall–Kier alpha value is -2.95. The van der Waals surface area contributed by atoms with Crippen LogP contribution in [0.15, 0.2) is 48.5 Å². The maximum Gasteiger partial charge on any atom is 0.317 e. The number of ketones is 2. The number of carbonyl (C=O) groups excluding carboxylic acids is 3. The first-order valence-corrected chi connectivity index (χ1v) is 7.82. The molecule has 2 aromatic rings. The van der Waals surface area contributed by atoms with E-state index in [0.717, 1.165) is 5.56 Å². The van der Waals surface area contributed by atoms with Crippen molar-refractivity contribution in [3.8, 4) is 5.75 Å². The molecule has 1 atom stereocenters. The Kier molecular flexibility index (Phi) is 6.06. The Balaban J connectivity index is 2.23. The molecule has 0 aromatic heterocycles. The van der Waals surface area contributed by atoms with Crippen molar-refractivity contribution in [1.82, 2.24) is 0 Å². The topological polar surface area (TPSA) is 69.7 Å². The number of methoxy groups -OCH3 is 2. The van der Waals surface area contributed by atoms with Crippen LogP contribution in [0.1, 0.15) is 32.7 Å². The van der Waals surface area contributed by atoms with Crippen LogP contribution in [0.3, 0.4) is 0 Å². The van der Waals surface area contributed by atoms with Crippen molar-refractivity contribution >= 4 is 17.5 Å². The molecular formula is C20H20O5. The molecule has 0 radical (unpaired) electrons. The number of benzene rings is 2. The highest BCUT2D eigenvalue weighted by Gasteiger charge is 2.31. The molecule has 2 aromatic carbocycles. The fraction of sp³-hybridized carbons (Fsp3) is 0.250. The molecule has 0 aliphatic carbocycles. The summed E-state index contributed by atoms with van der Waals surface area (Å²) in [6.45, 7) is 1.85. The Morgan fingerprint density at radius 3 is 2.20 bits per heavy atom. The van der Waals surface area contributed by atoms with Crippen molar-refractivity contribution in [2.75, 3.05) is 14.2 Å². The van der Waals surface area contributed by atoms with Gasteiger partial charge < -0.3 is 9.47 Å². The van der Waals surface area contributed by atoms with Gasteiger partial charge in [-0.05, 0) is 37.3 Å². The summed E-state index contributed by atoms with van der Waals surface area (Å²) in [5, 5.41) is 0. The van der Waals surface area contributed by atoms with E-state index in [1.807, 2.05) is 13.0 Å². The second kappa shape index (κ2) is 8.24. The monoisotopic (exact) mass is 340 g/mol. The maximum absolute atomic E-state index is 12.7. The lowest BCUT2D eigenvalue weighted by atomic mass is 9.90. The molecule has 2 rings (SSSR count). The molecule has 0 N–H and O–H groups in total. The molecule has 0 amide bonds. The zero-order chi connectivity index (χ0) is 18.4. The minimum Gasteiger partial charge on any atom is -0.497 e. The average molecular weight is 340 g/mol. The van der Waals surface area contributed by atoms with Gasteiger partial charge in [0.2, 0.25) is 0 Å². The lowest BCUT2D eigenvalue weighted by molar-refractivity contribution is -0.143. The predicted molar refractivity (Wildman–Crippen MR) is 93.0 cm³/mol. The largest absolute Gasteiger partial charge is 0.497 e. The molecule has 5 heteroatoms. The summed E-state index contributed by atoms with van der Waals surface area (Å²) in [5.41, 5.74) is 1.70. The second-order valence-corrected chi connectivity index (χ2v) is 5.67. The van der Waals surface area contributed by atoms with Gasteiger partial charge >= 0.3 is 5.97 Å². The number of carbonyl (C=O) groups is 3. The van der Waals surface area contributed by atoms with E-state index in [9.17, 15) is 14.4 Å². The van der Waals surface area contributed by atoms with Gasteiger partial charge in [0.25, 0.3) is 0 Å². The summed E-state index contributed by atoms with van der Waals surface area (Å²) < 4.78 is 9.78. The van der Waals surface area contributed by atoms with Crippen molar-refractivity contribution in [2.24, 2.45) is 5.92 Å². The Bertz CT molecular complexity index is 777. The third-order valence-corrected chi connectivity index (χ3v) is 3.91. The molecule has 0 bridgehead atoms. The molecule has 25 heavy (non-hydrogen) atoms. The van der Waals surface area contributed by atoms with Crippen LogP contribution >= 0.6 is 0 Å². The van der Waals surface area contributed by atoms with Crippen LogP contribution in [-0.4, -0.2) is 31.8 Å². The van der Waals surface area contributed by atoms with E-state index in [2.05, 4.69) is 0 Å². The van der Waals surface area contributed by atoms with Gasteiger partial charge in [0.05, 0.1) is 14.2 Å². The van der Waals surface area contributed by atoms with Crippen molar-refractivity contribution in [3.05, 3.63) is 65.2 Å². The number of Topliss-reactive ketones (excluding diaryl/α,β-unsaturated/α-hetero) is 2. The number of aryl methyl sites for hydroxylation is 1. The zero-order valence-corrected chi connectivity index (χ0v) is 14.4. The van der Waals surface area contributed by atoms with Gasteiger partial charge in [-0.1, -0.05) is 23.8 Å². The maximum atomic E-state index is 12.7. The number of esters is 1. The molecular weight excluding hydrogens is 320 g/mol. The highest BCUT2D eigenvalue weighted by molar-refractivity contribution is 6.12. The molecule has 0 saturated carbocycles. The summed E-state index contributed by atoms with van der Waals surface area (Å²) in [4.78, 5) is 37.2. The van der Waals surface area contributed by atoms with Crippen LogP contribution in [0.25, 0.3) is 0 Å². The molecule has 0 aliphatic rings. The first kappa shape index (κ1) is 18.4. The van der Waals surface area contributed by atoms with E-state index in [-0.39, 0.29) is 12.2 Å². The molecule has 5 nitrogen and oxygen atoms in total. The van der Waals surface area contributed by atoms with Gasteiger partial charge in [-0.3, -0.25) is 14.4 Å². The Labute approximate surface area is 146 Å². The Morgan fingerprint density at radius 1 is 0.960 bits per heavy atom. The summed E-state index contributed by atoms with van der Waals surface area (Å²) in [5.74, 6) is -1.98. The van der Waals surface area contributed by atoms with Crippen LogP contribution in [0, 0.1) is 12.8 Å². The molecule has 130 valence electrons. The molecule has 0 heterocycles. The van der Waals surface area contributed by atoms with Crippen LogP contribution < -0.4 is 4.74 Å². The van der Waals surface area contributed by atoms with Gasteiger partial charge in [0.1, 0.15) is 11.7 Å². The average Bonchev–Trinajstić information content (AvgIpc) is 2.64. The predicted octanol–water partition coefficient (Wildman–Crippen LogP) is 3.25. The fourth-order valence-corrected chi connectivity index (χ4v) is 2.51. The minimum absolute atomic E-state index is 0.244. The highest BCUT2D eigenvalue weighted by atomic mass is 16.5. The van der Waals surface area contributed by atoms with Crippen molar-refractivity contribution < 1.29 is 23.9 Å². The van der Waals surface area contributed by atoms with Gasteiger partial charge in [0.15, 0.2) is 11.6 Å². The van der Waals surface area contributed by atoms with Crippen LogP contribution in [0.4, 0.5) is 0 Å². The summed E-state index contributed by atoms with van der Waals surface area (Å²) in [6.07, 6.45) is -0.244. The zero-order valence-electron chi connectivity index (χ0n) is 14.4. The van der Waals surface area contributed by atoms with E-state index in [4.69, 9.17) is 9.47 Å². The molecule has 0 aliphatic heterocycles. The lowest BCUT2D eigenvalue weighted by Crippen LogP contribution is -2.28. The number of hydrogen-bond donors (Lipinski definition) is 0. The summed E-state index contributed by atoms with van der Waals surface area (Å²) in [7, 11) is 2.74. The van der Waals surface area contributed by atoms with E-state index in [1.54, 1.807) is 42.5 Å². The SMILES string of the molecule is COC(=O)C(CC(=O)c1ccc(OC)cc1)C(=O)c1cccc(C)c1. The minimum atomic E-state index is -1.17. The van der Waals surface area contributed by atoms with Crippen molar-refractivity contribution in [2.45, 2.75) is 13.3 Å². The summed E-state index contributed by atoms with van der Waals surface area (Å²) >= 11 is 0. The van der Waals surface area contributed by atoms with Crippen molar-refractivity contribution in [1.29, 1.82) is 0 Å². The molecule has 1 unspecified atom stereocenters. The van der Waals surface area contributed by atoms with E-state index >= 15 is 0 Å². The van der Waals surface area contributed by atoms with E-state index in [1.165, 1.54) is 14.2 Å². The second-order valence-electron chi connectivity index (χ2n) is 5.67. The van der Waals surface area contributed by atoms with Gasteiger partial charge in [-0.25, -0.2) is 0 Å². The number of rotatable bonds is 7. The third kappa shape index (κ3) is 4.53. The molecule has 0 fully saturated rings. The molecule has 0 spiro atoms. The number of hydrogen-bond acceptors (Lipinski definition) is 5. The molecule has 0 saturated heterocycles. The lowest BCUT2D eigenvalue weighted by Gasteiger charge is -2.13. The van der Waals surface area contributed by atoms with Crippen molar-refractivity contribution in [3.63, 3.8) is 0 Å². The highest BCUT2D eigenvalue weighted by Crippen LogP contribution is 2.20. The first-order valence-electron chi connectivity index (χ1n) is 7.82. The first-order chi connectivity index (χ1) is 12.0. The fourth-order valence-electron chi connectivity index (χ4n) is 2.51. The van der Waals surface area contributed by atoms with E-state index < -0.39 is 17.7 Å². The third-order valence-electron chi connectivity index (χ3n) is 3.91. The van der Waals surface area contributed by atoms with Gasteiger partial charge in [-0.15, -0.1) is 0 Å². The number of ether oxygens (including phenoxy) is 2. The van der Waals surface area contributed by atoms with Gasteiger partial charge in [-0.2, -0.15) is 0 Å². The normalized spacial score (nSPS) is 11.5. The van der Waals surface area contributed by atoms with Crippen LogP contribution in [0.5, 0.6) is 5.75 Å². The van der Waals surface area contributed by atoms with Crippen LogP contribution in [-0.2, 0) is 9.53 Å². The Morgan fingerprint density at radius 2 is 1.64 bits per heavy atom. The van der Waals surface area contributed by atoms with Crippen LogP contribution in [0.2, 0.25) is 0 Å². The summed E-state index contributed by atoms with van der Waals surface area (Å²) in [6, 6.07) is 13.4. The van der Waals surface area contributed by atoms with E-state index in [0.29, 0.717) is 16.9 Å². The smallest absolute Gasteiger partial charge is 0.317 e.